The minimum absolute atomic E-state index is 0.304. The molecular weight excluding hydrogens is 376 g/mol. The normalized spacial score (nSPS) is 13.1. The van der Waals surface area contributed by atoms with Gasteiger partial charge >= 0.3 is 0 Å². The molecule has 1 nitrogen and oxygen atoms in total. The Labute approximate surface area is 188 Å². The fourth-order valence-electron chi connectivity index (χ4n) is 4.48. The molecule has 0 heterocycles. The standard InChI is InChI=1S/C30H36O/c1-7-26-27(24-13-15-25(31)16-14-24)17-18-28(23-11-9-8-10-12-23)30(26)29(19-20(2)3)22(6)21(4)5/h8-19,21-22,29,31H,7H2,1-6H3. The third kappa shape index (κ3) is 5.10. The van der Waals surface area contributed by atoms with Gasteiger partial charge in [0.2, 0.25) is 0 Å². The minimum Gasteiger partial charge on any atom is -0.508 e. The molecule has 3 rings (SSSR count). The Hall–Kier alpha value is -2.80. The molecular formula is C30H36O. The van der Waals surface area contributed by atoms with Gasteiger partial charge in [0.05, 0.1) is 0 Å². The zero-order valence-electron chi connectivity index (χ0n) is 19.8. The highest BCUT2D eigenvalue weighted by Crippen LogP contribution is 2.43. The molecule has 31 heavy (non-hydrogen) atoms. The van der Waals surface area contributed by atoms with Crippen LogP contribution in [0.4, 0.5) is 0 Å². The number of phenolic OH excluding ortho intramolecular Hbond substituents is 1. The summed E-state index contributed by atoms with van der Waals surface area (Å²) in [4.78, 5) is 0. The number of hydrogen-bond acceptors (Lipinski definition) is 1. The van der Waals surface area contributed by atoms with E-state index < -0.39 is 0 Å². The van der Waals surface area contributed by atoms with E-state index in [1.807, 2.05) is 12.1 Å². The van der Waals surface area contributed by atoms with E-state index in [1.165, 1.54) is 33.4 Å². The van der Waals surface area contributed by atoms with Crippen molar-refractivity contribution in [2.24, 2.45) is 11.8 Å². The lowest BCUT2D eigenvalue weighted by Crippen LogP contribution is -2.17. The van der Waals surface area contributed by atoms with Crippen molar-refractivity contribution in [2.45, 2.75) is 53.9 Å². The fourth-order valence-corrected chi connectivity index (χ4v) is 4.48. The van der Waals surface area contributed by atoms with Crippen molar-refractivity contribution in [3.63, 3.8) is 0 Å². The average Bonchev–Trinajstić information content (AvgIpc) is 2.77. The molecule has 162 valence electrons. The summed E-state index contributed by atoms with van der Waals surface area (Å²) in [5.41, 5.74) is 9.23. The van der Waals surface area contributed by atoms with E-state index in [4.69, 9.17) is 0 Å². The van der Waals surface area contributed by atoms with Crippen molar-refractivity contribution in [3.05, 3.63) is 89.5 Å². The molecule has 0 amide bonds. The lowest BCUT2D eigenvalue weighted by Gasteiger charge is -2.31. The van der Waals surface area contributed by atoms with Gasteiger partial charge in [-0.2, -0.15) is 0 Å². The van der Waals surface area contributed by atoms with Gasteiger partial charge < -0.3 is 5.11 Å². The van der Waals surface area contributed by atoms with Crippen LogP contribution in [0.5, 0.6) is 5.75 Å². The molecule has 0 aliphatic rings. The van der Waals surface area contributed by atoms with Gasteiger partial charge in [0.15, 0.2) is 0 Å². The van der Waals surface area contributed by atoms with E-state index in [1.54, 1.807) is 12.1 Å². The number of allylic oxidation sites excluding steroid dienone is 2. The van der Waals surface area contributed by atoms with Crippen molar-refractivity contribution in [2.75, 3.05) is 0 Å². The highest BCUT2D eigenvalue weighted by atomic mass is 16.3. The maximum absolute atomic E-state index is 9.79. The van der Waals surface area contributed by atoms with Crippen molar-refractivity contribution in [1.82, 2.24) is 0 Å². The SMILES string of the molecule is CCc1c(-c2ccc(O)cc2)ccc(-c2ccccc2)c1C(C=C(C)C)C(C)C(C)C. The van der Waals surface area contributed by atoms with Gasteiger partial charge in [-0.25, -0.2) is 0 Å². The van der Waals surface area contributed by atoms with E-state index in [0.29, 0.717) is 23.5 Å². The van der Waals surface area contributed by atoms with Gasteiger partial charge in [-0.05, 0) is 77.6 Å². The first-order chi connectivity index (χ1) is 14.8. The second kappa shape index (κ2) is 10.0. The van der Waals surface area contributed by atoms with Crippen molar-refractivity contribution in [3.8, 4) is 28.0 Å². The van der Waals surface area contributed by atoms with Crippen molar-refractivity contribution >= 4 is 0 Å². The second-order valence-corrected chi connectivity index (χ2v) is 9.19. The molecule has 1 N–H and O–H groups in total. The van der Waals surface area contributed by atoms with Crippen LogP contribution in [0.25, 0.3) is 22.3 Å². The Bertz CT molecular complexity index is 1020. The summed E-state index contributed by atoms with van der Waals surface area (Å²) in [6, 6.07) is 22.9. The molecule has 0 fully saturated rings. The van der Waals surface area contributed by atoms with Crippen LogP contribution in [-0.4, -0.2) is 5.11 Å². The first-order valence-electron chi connectivity index (χ1n) is 11.5. The van der Waals surface area contributed by atoms with E-state index in [9.17, 15) is 5.11 Å². The highest BCUT2D eigenvalue weighted by molar-refractivity contribution is 5.78. The van der Waals surface area contributed by atoms with Gasteiger partial charge in [-0.1, -0.05) is 93.9 Å². The summed E-state index contributed by atoms with van der Waals surface area (Å²) in [5, 5.41) is 9.79. The van der Waals surface area contributed by atoms with Gasteiger partial charge in [0.1, 0.15) is 5.75 Å². The molecule has 0 spiro atoms. The number of aromatic hydroxyl groups is 1. The maximum Gasteiger partial charge on any atom is 0.115 e. The van der Waals surface area contributed by atoms with Crippen LogP contribution in [0.3, 0.4) is 0 Å². The van der Waals surface area contributed by atoms with Crippen LogP contribution in [0.2, 0.25) is 0 Å². The first kappa shape index (κ1) is 22.9. The van der Waals surface area contributed by atoms with E-state index in [0.717, 1.165) is 12.0 Å². The summed E-state index contributed by atoms with van der Waals surface area (Å²) >= 11 is 0. The highest BCUT2D eigenvalue weighted by Gasteiger charge is 2.26. The van der Waals surface area contributed by atoms with Crippen molar-refractivity contribution in [1.29, 1.82) is 0 Å². The second-order valence-electron chi connectivity index (χ2n) is 9.19. The van der Waals surface area contributed by atoms with Gasteiger partial charge in [0, 0.05) is 5.92 Å². The topological polar surface area (TPSA) is 20.2 Å². The number of phenols is 1. The van der Waals surface area contributed by atoms with Crippen LogP contribution in [0.15, 0.2) is 78.4 Å². The third-order valence-corrected chi connectivity index (χ3v) is 6.44. The number of hydrogen-bond donors (Lipinski definition) is 1. The number of rotatable bonds is 7. The molecule has 2 atom stereocenters. The molecule has 3 aromatic carbocycles. The fraction of sp³-hybridized carbons (Fsp3) is 0.333. The zero-order valence-corrected chi connectivity index (χ0v) is 19.8. The van der Waals surface area contributed by atoms with E-state index >= 15 is 0 Å². The lowest BCUT2D eigenvalue weighted by molar-refractivity contribution is 0.382. The Morgan fingerprint density at radius 2 is 1.39 bits per heavy atom. The summed E-state index contributed by atoms with van der Waals surface area (Å²) in [7, 11) is 0. The predicted octanol–water partition coefficient (Wildman–Crippen LogP) is 8.63. The summed E-state index contributed by atoms with van der Waals surface area (Å²) < 4.78 is 0. The van der Waals surface area contributed by atoms with Crippen molar-refractivity contribution < 1.29 is 5.11 Å². The molecule has 0 aromatic heterocycles. The first-order valence-corrected chi connectivity index (χ1v) is 11.5. The smallest absolute Gasteiger partial charge is 0.115 e. The van der Waals surface area contributed by atoms with Gasteiger partial charge in [0.25, 0.3) is 0 Å². The van der Waals surface area contributed by atoms with Crippen LogP contribution in [-0.2, 0) is 6.42 Å². The Balaban J connectivity index is 2.36. The Morgan fingerprint density at radius 3 is 1.94 bits per heavy atom. The molecule has 1 heteroatoms. The third-order valence-electron chi connectivity index (χ3n) is 6.44. The molecule has 0 aliphatic heterocycles. The molecule has 3 aromatic rings. The Morgan fingerprint density at radius 1 is 0.806 bits per heavy atom. The Kier molecular flexibility index (Phi) is 7.38. The summed E-state index contributed by atoms with van der Waals surface area (Å²) in [5.74, 6) is 1.73. The van der Waals surface area contributed by atoms with Crippen LogP contribution >= 0.6 is 0 Å². The van der Waals surface area contributed by atoms with Crippen LogP contribution in [0, 0.1) is 11.8 Å². The van der Waals surface area contributed by atoms with Crippen LogP contribution < -0.4 is 0 Å². The summed E-state index contributed by atoms with van der Waals surface area (Å²) in [6.45, 7) is 13.7. The summed E-state index contributed by atoms with van der Waals surface area (Å²) in [6.07, 6.45) is 3.43. The largest absolute Gasteiger partial charge is 0.508 e. The van der Waals surface area contributed by atoms with Gasteiger partial charge in [-0.3, -0.25) is 0 Å². The molecule has 0 saturated heterocycles. The minimum atomic E-state index is 0.304. The number of benzene rings is 3. The molecule has 0 radical (unpaired) electrons. The predicted molar refractivity (Wildman–Crippen MR) is 135 cm³/mol. The van der Waals surface area contributed by atoms with E-state index in [2.05, 4.69) is 90.1 Å². The quantitative estimate of drug-likeness (QED) is 0.385. The van der Waals surface area contributed by atoms with Gasteiger partial charge in [-0.15, -0.1) is 0 Å². The van der Waals surface area contributed by atoms with Crippen LogP contribution in [0.1, 0.15) is 58.6 Å². The maximum atomic E-state index is 9.79. The monoisotopic (exact) mass is 412 g/mol. The lowest BCUT2D eigenvalue weighted by atomic mass is 9.73. The average molecular weight is 413 g/mol. The zero-order chi connectivity index (χ0) is 22.5. The molecule has 0 bridgehead atoms. The molecule has 0 saturated carbocycles. The molecule has 2 unspecified atom stereocenters. The van der Waals surface area contributed by atoms with E-state index in [-0.39, 0.29) is 0 Å². The molecule has 0 aliphatic carbocycles.